The van der Waals surface area contributed by atoms with Crippen LogP contribution < -0.4 is 5.32 Å². The highest BCUT2D eigenvalue weighted by Crippen LogP contribution is 2.21. The van der Waals surface area contributed by atoms with Gasteiger partial charge in [-0.05, 0) is 24.6 Å². The van der Waals surface area contributed by atoms with Gasteiger partial charge in [0.05, 0.1) is 17.7 Å². The van der Waals surface area contributed by atoms with Crippen LogP contribution in [-0.4, -0.2) is 16.6 Å². The molecule has 0 aliphatic heterocycles. The number of hydrogen-bond donors (Lipinski definition) is 1. The van der Waals surface area contributed by atoms with Gasteiger partial charge in [-0.1, -0.05) is 13.8 Å². The van der Waals surface area contributed by atoms with Gasteiger partial charge in [0, 0.05) is 23.8 Å². The molecule has 92 valence electrons. The second-order valence-corrected chi connectivity index (χ2v) is 5.33. The summed E-state index contributed by atoms with van der Waals surface area (Å²) in [6.45, 7) is 5.33. The normalized spacial score (nSPS) is 13.2. The van der Waals surface area contributed by atoms with Crippen molar-refractivity contribution in [3.63, 3.8) is 0 Å². The van der Waals surface area contributed by atoms with Gasteiger partial charge in [0.25, 0.3) is 0 Å². The largest absolute Gasteiger partial charge is 0.348 e. The Morgan fingerprint density at radius 1 is 1.47 bits per heavy atom. The summed E-state index contributed by atoms with van der Waals surface area (Å²) in [6.07, 6.45) is 4.34. The molecule has 2 aromatic heterocycles. The van der Waals surface area contributed by atoms with Gasteiger partial charge in [0.15, 0.2) is 0 Å². The molecule has 0 fully saturated rings. The molecular weight excluding hydrogens is 230 g/mol. The average molecular weight is 249 g/mol. The highest BCUT2D eigenvalue weighted by atomic mass is 32.1. The third kappa shape index (κ3) is 2.96. The van der Waals surface area contributed by atoms with Crippen molar-refractivity contribution in [1.29, 1.82) is 0 Å². The van der Waals surface area contributed by atoms with Gasteiger partial charge >= 0.3 is 0 Å². The maximum Gasteiger partial charge on any atom is 0.0795 e. The van der Waals surface area contributed by atoms with E-state index in [1.807, 2.05) is 12.6 Å². The van der Waals surface area contributed by atoms with Gasteiger partial charge < -0.3 is 9.88 Å². The van der Waals surface area contributed by atoms with E-state index in [-0.39, 0.29) is 0 Å². The summed E-state index contributed by atoms with van der Waals surface area (Å²) in [6, 6.07) is 2.61. The van der Waals surface area contributed by atoms with Gasteiger partial charge in [-0.15, -0.1) is 11.3 Å². The molecule has 0 bridgehead atoms. The van der Waals surface area contributed by atoms with Gasteiger partial charge in [0.1, 0.15) is 0 Å². The van der Waals surface area contributed by atoms with E-state index >= 15 is 0 Å². The zero-order chi connectivity index (χ0) is 12.3. The lowest BCUT2D eigenvalue weighted by molar-refractivity contribution is 0.442. The fourth-order valence-corrected chi connectivity index (χ4v) is 2.68. The number of nitrogens with one attached hydrogen (secondary N) is 1. The Morgan fingerprint density at radius 3 is 2.88 bits per heavy atom. The molecule has 2 aromatic rings. The van der Waals surface area contributed by atoms with Crippen LogP contribution >= 0.6 is 11.3 Å². The Hall–Kier alpha value is -1.13. The van der Waals surface area contributed by atoms with Crippen LogP contribution in [0, 0.1) is 5.92 Å². The predicted octanol–water partition coefficient (Wildman–Crippen LogP) is 2.91. The van der Waals surface area contributed by atoms with Crippen molar-refractivity contribution < 1.29 is 0 Å². The van der Waals surface area contributed by atoms with Crippen LogP contribution in [-0.2, 0) is 6.54 Å². The molecule has 0 aliphatic carbocycles. The zero-order valence-corrected chi connectivity index (χ0v) is 11.4. The minimum atomic E-state index is 0.423. The smallest absolute Gasteiger partial charge is 0.0795 e. The topological polar surface area (TPSA) is 29.9 Å². The van der Waals surface area contributed by atoms with E-state index in [4.69, 9.17) is 0 Å². The van der Waals surface area contributed by atoms with E-state index < -0.39 is 0 Å². The van der Waals surface area contributed by atoms with Crippen molar-refractivity contribution in [2.45, 2.75) is 26.4 Å². The lowest BCUT2D eigenvalue weighted by atomic mass is 9.99. The summed E-state index contributed by atoms with van der Waals surface area (Å²) >= 11 is 1.64. The summed E-state index contributed by atoms with van der Waals surface area (Å²) in [5, 5.41) is 5.46. The third-order valence-corrected chi connectivity index (χ3v) is 3.57. The molecule has 4 heteroatoms. The van der Waals surface area contributed by atoms with Gasteiger partial charge in [-0.3, -0.25) is 0 Å². The number of nitrogens with zero attached hydrogens (tertiary/aromatic N) is 2. The molecule has 0 amide bonds. The second-order valence-electron chi connectivity index (χ2n) is 4.61. The highest BCUT2D eigenvalue weighted by Gasteiger charge is 2.14. The highest BCUT2D eigenvalue weighted by molar-refractivity contribution is 7.07. The number of aromatic nitrogens is 2. The van der Waals surface area contributed by atoms with Gasteiger partial charge in [-0.2, -0.15) is 0 Å². The van der Waals surface area contributed by atoms with Gasteiger partial charge in [-0.25, -0.2) is 4.98 Å². The molecule has 1 N–H and O–H groups in total. The minimum Gasteiger partial charge on any atom is -0.348 e. The van der Waals surface area contributed by atoms with E-state index in [1.54, 1.807) is 11.3 Å². The lowest BCUT2D eigenvalue weighted by Crippen LogP contribution is -2.21. The van der Waals surface area contributed by atoms with Crippen LogP contribution in [0.4, 0.5) is 0 Å². The van der Waals surface area contributed by atoms with Crippen molar-refractivity contribution >= 4 is 11.3 Å². The molecule has 17 heavy (non-hydrogen) atoms. The van der Waals surface area contributed by atoms with Crippen molar-refractivity contribution in [3.05, 3.63) is 40.6 Å². The first kappa shape index (κ1) is 12.3. The molecule has 3 nitrogen and oxygen atoms in total. The van der Waals surface area contributed by atoms with Crippen LogP contribution in [0.15, 0.2) is 29.4 Å². The Kier molecular flexibility index (Phi) is 3.97. The molecule has 2 heterocycles. The third-order valence-electron chi connectivity index (χ3n) is 2.94. The molecule has 0 aliphatic rings. The van der Waals surface area contributed by atoms with Crippen LogP contribution in [0.2, 0.25) is 0 Å². The lowest BCUT2D eigenvalue weighted by Gasteiger charge is -2.18. The Labute approximate surface area is 107 Å². The summed E-state index contributed by atoms with van der Waals surface area (Å²) in [4.78, 5) is 4.30. The van der Waals surface area contributed by atoms with E-state index in [0.29, 0.717) is 12.0 Å². The SMILES string of the molecule is CNC(c1ccn(Cc2cscn2)c1)C(C)C. The quantitative estimate of drug-likeness (QED) is 0.883. The molecule has 1 unspecified atom stereocenters. The molecule has 1 atom stereocenters. The summed E-state index contributed by atoms with van der Waals surface area (Å²) in [5.41, 5.74) is 4.35. The summed E-state index contributed by atoms with van der Waals surface area (Å²) in [7, 11) is 2.02. The molecule has 0 saturated carbocycles. The predicted molar refractivity (Wildman–Crippen MR) is 72.3 cm³/mol. The van der Waals surface area contributed by atoms with Crippen LogP contribution in [0.3, 0.4) is 0 Å². The molecular formula is C13H19N3S. The fourth-order valence-electron chi connectivity index (χ4n) is 2.13. The van der Waals surface area contributed by atoms with E-state index in [2.05, 4.69) is 52.6 Å². The van der Waals surface area contributed by atoms with Crippen molar-refractivity contribution in [3.8, 4) is 0 Å². The number of rotatable bonds is 5. The van der Waals surface area contributed by atoms with Crippen LogP contribution in [0.5, 0.6) is 0 Å². The van der Waals surface area contributed by atoms with Crippen molar-refractivity contribution in [2.24, 2.45) is 5.92 Å². The average Bonchev–Trinajstić information content (AvgIpc) is 2.91. The Bertz CT molecular complexity index is 445. The Balaban J connectivity index is 2.10. The van der Waals surface area contributed by atoms with E-state index in [9.17, 15) is 0 Å². The zero-order valence-electron chi connectivity index (χ0n) is 10.6. The first-order valence-corrected chi connectivity index (χ1v) is 6.85. The Morgan fingerprint density at radius 2 is 2.29 bits per heavy atom. The summed E-state index contributed by atoms with van der Waals surface area (Å²) < 4.78 is 2.19. The molecule has 0 spiro atoms. The number of hydrogen-bond acceptors (Lipinski definition) is 3. The van der Waals surface area contributed by atoms with Crippen molar-refractivity contribution in [2.75, 3.05) is 7.05 Å². The second kappa shape index (κ2) is 5.47. The minimum absolute atomic E-state index is 0.423. The molecule has 0 saturated heterocycles. The molecule has 0 radical (unpaired) electrons. The van der Waals surface area contributed by atoms with Crippen LogP contribution in [0.1, 0.15) is 31.1 Å². The maximum atomic E-state index is 4.30. The monoisotopic (exact) mass is 249 g/mol. The molecule has 2 rings (SSSR count). The standard InChI is InChI=1S/C13H19N3S/c1-10(2)13(14-3)11-4-5-16(6-11)7-12-8-17-9-15-12/h4-6,8-10,13-14H,7H2,1-3H3. The fraction of sp³-hybridized carbons (Fsp3) is 0.462. The first-order valence-electron chi connectivity index (χ1n) is 5.90. The van der Waals surface area contributed by atoms with E-state index in [0.717, 1.165) is 12.2 Å². The van der Waals surface area contributed by atoms with E-state index in [1.165, 1.54) is 5.56 Å². The van der Waals surface area contributed by atoms with Crippen molar-refractivity contribution in [1.82, 2.24) is 14.9 Å². The number of thiazole rings is 1. The molecule has 0 aromatic carbocycles. The maximum absolute atomic E-state index is 4.30. The van der Waals surface area contributed by atoms with Crippen LogP contribution in [0.25, 0.3) is 0 Å². The van der Waals surface area contributed by atoms with Gasteiger partial charge in [0.2, 0.25) is 0 Å². The first-order chi connectivity index (χ1) is 8.20. The summed E-state index contributed by atoms with van der Waals surface area (Å²) in [5.74, 6) is 0.593.